The second-order valence-electron chi connectivity index (χ2n) is 16.0. The molecule has 5 heteroatoms. The fourth-order valence-electron chi connectivity index (χ4n) is 9.08. The van der Waals surface area contributed by atoms with Crippen molar-refractivity contribution in [2.24, 2.45) is 0 Å². The number of fused-ring (bicyclic) bond motifs is 12. The quantitative estimate of drug-likeness (QED) is 0.118. The summed E-state index contributed by atoms with van der Waals surface area (Å²) in [4.78, 5) is 4.62. The SMILES string of the molecule is C1=CNC(c2ccc(-n3c4c(c5ccccc53)-c3ccccc3-c3c(c5ccccc5n3-c3ccc(-c5ccccn5)cc3)-c3ccccc3-4)cc2)C=C1.C=C/C=C\C=C/C.C=CCNC.CC. The Kier molecular flexibility index (Phi) is 15.2. The number of rotatable bonds is 8. The molecule has 0 radical (unpaired) electrons. The van der Waals surface area contributed by atoms with Crippen LogP contribution in [0.2, 0.25) is 0 Å². The molecule has 11 rings (SSSR count). The summed E-state index contributed by atoms with van der Waals surface area (Å²) in [7, 11) is 1.89. The first kappa shape index (κ1) is 46.3. The molecule has 0 fully saturated rings. The minimum atomic E-state index is 0.153. The van der Waals surface area contributed by atoms with Gasteiger partial charge in [0.1, 0.15) is 0 Å². The monoisotopic (exact) mass is 885 g/mol. The Hall–Kier alpha value is -8.25. The van der Waals surface area contributed by atoms with Gasteiger partial charge in [-0.05, 0) is 91.5 Å². The van der Waals surface area contributed by atoms with Gasteiger partial charge in [-0.15, -0.1) is 6.58 Å². The van der Waals surface area contributed by atoms with E-state index in [1.54, 1.807) is 6.08 Å². The van der Waals surface area contributed by atoms with Crippen molar-refractivity contribution in [1.29, 1.82) is 0 Å². The van der Waals surface area contributed by atoms with E-state index < -0.39 is 0 Å². The molecule has 2 aliphatic rings. The zero-order chi connectivity index (χ0) is 47.2. The molecule has 0 saturated carbocycles. The summed E-state index contributed by atoms with van der Waals surface area (Å²) < 4.78 is 4.95. The first-order valence-electron chi connectivity index (χ1n) is 23.5. The molecular formula is C63H59N5. The summed E-state index contributed by atoms with van der Waals surface area (Å²) in [5, 5.41) is 8.83. The predicted molar refractivity (Wildman–Crippen MR) is 292 cm³/mol. The minimum absolute atomic E-state index is 0.153. The Labute approximate surface area is 402 Å². The number of nitrogens with zero attached hydrogens (tertiary/aromatic N) is 3. The normalized spacial score (nSPS) is 13.0. The number of hydrogen-bond acceptors (Lipinski definition) is 3. The molecule has 1 aliphatic carbocycles. The number of para-hydroxylation sites is 2. The highest BCUT2D eigenvalue weighted by molar-refractivity contribution is 6.17. The summed E-state index contributed by atoms with van der Waals surface area (Å²) in [6, 6.07) is 59.9. The van der Waals surface area contributed by atoms with Gasteiger partial charge in [0.25, 0.3) is 0 Å². The molecule has 6 aromatic carbocycles. The van der Waals surface area contributed by atoms with Gasteiger partial charge in [-0.25, -0.2) is 0 Å². The van der Waals surface area contributed by atoms with E-state index in [-0.39, 0.29) is 6.04 Å². The van der Waals surface area contributed by atoms with E-state index in [1.165, 1.54) is 72.1 Å². The lowest BCUT2D eigenvalue weighted by Gasteiger charge is -2.23. The second kappa shape index (κ2) is 22.3. The molecule has 5 nitrogen and oxygen atoms in total. The van der Waals surface area contributed by atoms with Crippen molar-refractivity contribution in [3.05, 3.63) is 250 Å². The smallest absolute Gasteiger partial charge is 0.0701 e. The molecular weight excluding hydrogens is 827 g/mol. The summed E-state index contributed by atoms with van der Waals surface area (Å²) >= 11 is 0. The highest BCUT2D eigenvalue weighted by Crippen LogP contribution is 2.54. The highest BCUT2D eigenvalue weighted by atomic mass is 15.0. The molecule has 68 heavy (non-hydrogen) atoms. The van der Waals surface area contributed by atoms with Crippen LogP contribution in [0.3, 0.4) is 0 Å². The first-order valence-corrected chi connectivity index (χ1v) is 23.5. The van der Waals surface area contributed by atoms with E-state index in [0.29, 0.717) is 0 Å². The van der Waals surface area contributed by atoms with Crippen LogP contribution in [0.15, 0.2) is 244 Å². The van der Waals surface area contributed by atoms with E-state index in [1.807, 2.05) is 88.8 Å². The van der Waals surface area contributed by atoms with Crippen molar-refractivity contribution in [3.63, 3.8) is 0 Å². The number of aromatic nitrogens is 3. The van der Waals surface area contributed by atoms with Crippen molar-refractivity contribution in [2.45, 2.75) is 26.8 Å². The zero-order valence-electron chi connectivity index (χ0n) is 39.5. The number of pyridine rings is 1. The van der Waals surface area contributed by atoms with E-state index >= 15 is 0 Å². The molecule has 3 aromatic heterocycles. The highest BCUT2D eigenvalue weighted by Gasteiger charge is 2.32. The number of nitrogens with one attached hydrogen (secondary N) is 2. The van der Waals surface area contributed by atoms with Crippen LogP contribution < -0.4 is 10.6 Å². The van der Waals surface area contributed by atoms with Gasteiger partial charge in [0.05, 0.1) is 34.2 Å². The van der Waals surface area contributed by atoms with E-state index in [4.69, 9.17) is 0 Å². The van der Waals surface area contributed by atoms with Crippen LogP contribution in [0.5, 0.6) is 0 Å². The van der Waals surface area contributed by atoms with Gasteiger partial charge in [-0.1, -0.05) is 184 Å². The topological polar surface area (TPSA) is 46.8 Å². The third-order valence-corrected chi connectivity index (χ3v) is 11.9. The minimum Gasteiger partial charge on any atom is -0.381 e. The largest absolute Gasteiger partial charge is 0.381 e. The number of hydrogen-bond donors (Lipinski definition) is 2. The average Bonchev–Trinajstić information content (AvgIpc) is 3.93. The third-order valence-electron chi connectivity index (χ3n) is 11.9. The van der Waals surface area contributed by atoms with Crippen LogP contribution in [0.1, 0.15) is 32.4 Å². The van der Waals surface area contributed by atoms with Crippen molar-refractivity contribution in [2.75, 3.05) is 13.6 Å². The van der Waals surface area contributed by atoms with Crippen LogP contribution in [-0.4, -0.2) is 27.7 Å². The Morgan fingerprint density at radius 2 is 1.12 bits per heavy atom. The molecule has 1 atom stereocenters. The molecule has 0 spiro atoms. The molecule has 1 aliphatic heterocycles. The fourth-order valence-corrected chi connectivity index (χ4v) is 9.08. The Bertz CT molecular complexity index is 3260. The van der Waals surface area contributed by atoms with E-state index in [0.717, 1.165) is 29.2 Å². The number of benzene rings is 6. The maximum absolute atomic E-state index is 4.62. The molecule has 0 amide bonds. The van der Waals surface area contributed by atoms with Crippen LogP contribution in [-0.2, 0) is 0 Å². The Balaban J connectivity index is 0.000000396. The number of allylic oxidation sites excluding steroid dienone is 7. The number of likely N-dealkylation sites (N-methyl/N-ethyl adjacent to an activating group) is 1. The lowest BCUT2D eigenvalue weighted by Crippen LogP contribution is -2.14. The van der Waals surface area contributed by atoms with Crippen molar-refractivity contribution in [1.82, 2.24) is 24.8 Å². The van der Waals surface area contributed by atoms with Gasteiger partial charge >= 0.3 is 0 Å². The van der Waals surface area contributed by atoms with Crippen LogP contribution in [0.4, 0.5) is 0 Å². The summed E-state index contributed by atoms with van der Waals surface area (Å²) in [5.41, 5.74) is 17.6. The molecule has 336 valence electrons. The third kappa shape index (κ3) is 9.26. The van der Waals surface area contributed by atoms with Gasteiger partial charge in [0.15, 0.2) is 0 Å². The first-order chi connectivity index (χ1) is 33.7. The summed E-state index contributed by atoms with van der Waals surface area (Å²) in [6.45, 7) is 13.9. The van der Waals surface area contributed by atoms with E-state index in [2.05, 4.69) is 202 Å². The summed E-state index contributed by atoms with van der Waals surface area (Å²) in [5.74, 6) is 0. The van der Waals surface area contributed by atoms with Crippen LogP contribution >= 0.6 is 0 Å². The zero-order valence-corrected chi connectivity index (χ0v) is 39.5. The molecule has 9 aromatic rings. The standard InChI is InChI=1S/C50H34N4.C7H10.C4H9N.C2H6/c1-3-15-39-37(13-1)47-41-17-5-7-21-45(41)54(36-29-25-34(26-30-36)44-20-10-12-32-52-44)50(47)40-16-4-2-14-38(40)48-42-18-6-8-22-46(42)53(49(39)48)35-27-23-33(24-28-35)43-19-9-11-31-51-43;1-3-5-7-6-4-2;1-3-4-5-2;1-2/h1-32,43,51H;3-7H,1H2,2H3;3,5H,1,4H2,2H3;1-2H3/b;6-4-,7-5-;;. The van der Waals surface area contributed by atoms with Gasteiger partial charge in [-0.3, -0.25) is 4.98 Å². The molecule has 0 saturated heterocycles. The summed E-state index contributed by atoms with van der Waals surface area (Å²) in [6.07, 6.45) is 21.5. The van der Waals surface area contributed by atoms with Gasteiger partial charge in [0, 0.05) is 62.7 Å². The molecule has 0 bridgehead atoms. The lowest BCUT2D eigenvalue weighted by molar-refractivity contribution is 0.746. The van der Waals surface area contributed by atoms with Crippen LogP contribution in [0, 0.1) is 0 Å². The molecule has 1 unspecified atom stereocenters. The Morgan fingerprint density at radius 3 is 1.59 bits per heavy atom. The molecule has 2 N–H and O–H groups in total. The van der Waals surface area contributed by atoms with E-state index in [9.17, 15) is 0 Å². The van der Waals surface area contributed by atoms with Gasteiger partial charge < -0.3 is 19.8 Å². The van der Waals surface area contributed by atoms with Crippen molar-refractivity contribution >= 4 is 21.8 Å². The maximum Gasteiger partial charge on any atom is 0.0701 e. The second-order valence-corrected chi connectivity index (χ2v) is 16.0. The maximum atomic E-state index is 4.62. The molecule has 4 heterocycles. The van der Waals surface area contributed by atoms with Crippen LogP contribution in [0.25, 0.3) is 89.2 Å². The van der Waals surface area contributed by atoms with Crippen molar-refractivity contribution in [3.8, 4) is 67.4 Å². The lowest BCUT2D eigenvalue weighted by atomic mass is 9.84. The number of dihydropyridines is 1. The van der Waals surface area contributed by atoms with Crippen molar-refractivity contribution < 1.29 is 0 Å². The van der Waals surface area contributed by atoms with Gasteiger partial charge in [-0.2, -0.15) is 0 Å². The average molecular weight is 886 g/mol. The Morgan fingerprint density at radius 1 is 0.588 bits per heavy atom. The predicted octanol–water partition coefficient (Wildman–Crippen LogP) is 16.1. The van der Waals surface area contributed by atoms with Gasteiger partial charge in [0.2, 0.25) is 0 Å². The fraction of sp³-hybridized carbons (Fsp3) is 0.0952.